The number of rotatable bonds is 8. The van der Waals surface area contributed by atoms with Crippen molar-refractivity contribution in [1.82, 2.24) is 14.8 Å². The van der Waals surface area contributed by atoms with Crippen LogP contribution < -0.4 is 20.1 Å². The molecule has 0 aliphatic rings. The van der Waals surface area contributed by atoms with Gasteiger partial charge in [-0.3, -0.25) is 9.48 Å². The van der Waals surface area contributed by atoms with Gasteiger partial charge in [-0.05, 0) is 36.1 Å². The second kappa shape index (κ2) is 10.2. The fourth-order valence-corrected chi connectivity index (χ4v) is 6.07. The van der Waals surface area contributed by atoms with E-state index in [2.05, 4.69) is 15.4 Å². The van der Waals surface area contributed by atoms with Crippen molar-refractivity contribution in [3.63, 3.8) is 0 Å². The summed E-state index contributed by atoms with van der Waals surface area (Å²) in [4.78, 5) is 17.4. The van der Waals surface area contributed by atoms with Crippen LogP contribution >= 0.6 is 34.7 Å². The maximum absolute atomic E-state index is 13.0. The quantitative estimate of drug-likeness (QED) is 0.303. The molecule has 0 aliphatic carbocycles. The number of benzene rings is 2. The number of aromatic nitrogens is 3. The molecule has 0 saturated heterocycles. The van der Waals surface area contributed by atoms with Crippen LogP contribution in [0.5, 0.6) is 5.75 Å². The van der Waals surface area contributed by atoms with Gasteiger partial charge in [0.2, 0.25) is 10.0 Å². The lowest BCUT2D eigenvalue weighted by atomic mass is 10.2. The number of hydrogen-bond donors (Lipinski definition) is 2. The Hall–Kier alpha value is -3.00. The minimum Gasteiger partial charge on any atom is -0.497 e. The zero-order chi connectivity index (χ0) is 26.2. The van der Waals surface area contributed by atoms with Gasteiger partial charge < -0.3 is 15.8 Å². The molecule has 14 heteroatoms. The Balaban J connectivity index is 1.78. The lowest BCUT2D eigenvalue weighted by Crippen LogP contribution is -2.30. The Morgan fingerprint density at radius 3 is 2.56 bits per heavy atom. The van der Waals surface area contributed by atoms with Crippen molar-refractivity contribution in [2.24, 2.45) is 7.05 Å². The third kappa shape index (κ3) is 5.09. The van der Waals surface area contributed by atoms with Crippen LogP contribution in [0, 0.1) is 0 Å². The van der Waals surface area contributed by atoms with E-state index in [0.29, 0.717) is 26.7 Å². The summed E-state index contributed by atoms with van der Waals surface area (Å²) in [6.07, 6.45) is 2.95. The topological polar surface area (TPSA) is 132 Å². The lowest BCUT2D eigenvalue weighted by Gasteiger charge is -2.21. The fourth-order valence-electron chi connectivity index (χ4n) is 3.62. The number of methoxy groups -OCH3 is 1. The van der Waals surface area contributed by atoms with E-state index in [1.165, 1.54) is 32.1 Å². The molecule has 36 heavy (non-hydrogen) atoms. The van der Waals surface area contributed by atoms with Crippen LogP contribution in [-0.2, 0) is 23.6 Å². The second-order valence-corrected chi connectivity index (χ2v) is 12.1. The Kier molecular flexibility index (Phi) is 7.36. The molecule has 0 radical (unpaired) electrons. The van der Waals surface area contributed by atoms with E-state index >= 15 is 0 Å². The van der Waals surface area contributed by atoms with E-state index in [0.717, 1.165) is 11.8 Å². The zero-order valence-corrected chi connectivity index (χ0v) is 23.0. The molecule has 4 aromatic rings. The molecule has 2 aromatic heterocycles. The molecule has 2 aromatic carbocycles. The average molecular weight is 567 g/mol. The molecule has 0 fully saturated rings. The normalized spacial score (nSPS) is 11.6. The molecular weight excluding hydrogens is 544 g/mol. The molecule has 4 rings (SSSR count). The van der Waals surface area contributed by atoms with Crippen LogP contribution in [0.4, 0.5) is 17.3 Å². The highest BCUT2D eigenvalue weighted by Crippen LogP contribution is 2.38. The minimum absolute atomic E-state index is 0.0245. The lowest BCUT2D eigenvalue weighted by molar-refractivity contribution is 0.103. The highest BCUT2D eigenvalue weighted by molar-refractivity contribution is 8.00. The van der Waals surface area contributed by atoms with Crippen molar-refractivity contribution in [2.45, 2.75) is 10.9 Å². The minimum atomic E-state index is -3.76. The SMILES string of the molecule is COc1ccc(CN(c2nn(C)c3c(NC(=O)c4sc(SC)nc4N)ccc(Cl)c23)S(C)(=O)=O)cc1. The number of thiazole rings is 1. The number of sulfonamides is 1. The molecule has 0 unspecified atom stereocenters. The standard InChI is InChI=1S/C22H23ClN6O4S3/c1-28-17-15(25-21(30)18-19(24)26-22(34-3)35-18)10-9-14(23)16(17)20(27-28)29(36(4,31)32)11-12-5-7-13(33-2)8-6-12/h5-10H,11,24H2,1-4H3,(H,25,30). The van der Waals surface area contributed by atoms with Gasteiger partial charge in [0.25, 0.3) is 5.91 Å². The molecule has 0 spiro atoms. The first-order chi connectivity index (χ1) is 17.0. The predicted molar refractivity (Wildman–Crippen MR) is 146 cm³/mol. The second-order valence-electron chi connectivity index (χ2n) is 7.74. The molecule has 2 heterocycles. The molecule has 1 amide bonds. The van der Waals surface area contributed by atoms with Crippen molar-refractivity contribution < 1.29 is 17.9 Å². The number of ether oxygens (including phenoxy) is 1. The molecule has 0 atom stereocenters. The highest BCUT2D eigenvalue weighted by atomic mass is 35.5. The van der Waals surface area contributed by atoms with Gasteiger partial charge in [-0.1, -0.05) is 35.5 Å². The molecule has 190 valence electrons. The summed E-state index contributed by atoms with van der Waals surface area (Å²) in [5, 5.41) is 8.01. The first-order valence-corrected chi connectivity index (χ1v) is 14.7. The van der Waals surface area contributed by atoms with Gasteiger partial charge in [0.1, 0.15) is 16.4 Å². The maximum atomic E-state index is 13.0. The smallest absolute Gasteiger partial charge is 0.269 e. The Morgan fingerprint density at radius 1 is 1.28 bits per heavy atom. The average Bonchev–Trinajstić information content (AvgIpc) is 3.39. The van der Waals surface area contributed by atoms with E-state index in [1.807, 2.05) is 6.26 Å². The number of anilines is 3. The summed E-state index contributed by atoms with van der Waals surface area (Å²) in [6.45, 7) is 0.0245. The number of carbonyl (C=O) groups is 1. The number of nitrogens with zero attached hydrogens (tertiary/aromatic N) is 4. The van der Waals surface area contributed by atoms with E-state index in [1.54, 1.807) is 50.6 Å². The van der Waals surface area contributed by atoms with E-state index in [4.69, 9.17) is 22.1 Å². The number of fused-ring (bicyclic) bond motifs is 1. The summed E-state index contributed by atoms with van der Waals surface area (Å²) in [7, 11) is -0.549. The molecule has 10 nitrogen and oxygen atoms in total. The van der Waals surface area contributed by atoms with Crippen LogP contribution in [0.2, 0.25) is 5.02 Å². The molecule has 3 N–H and O–H groups in total. The third-order valence-electron chi connectivity index (χ3n) is 5.30. The number of aryl methyl sites for hydroxylation is 1. The van der Waals surface area contributed by atoms with Crippen LogP contribution in [-0.4, -0.2) is 48.7 Å². The number of hydrogen-bond acceptors (Lipinski definition) is 9. The first kappa shape index (κ1) is 26.1. The van der Waals surface area contributed by atoms with Crippen molar-refractivity contribution in [3.8, 4) is 5.75 Å². The summed E-state index contributed by atoms with van der Waals surface area (Å²) in [5.74, 6) is 0.506. The molecular formula is C22H23ClN6O4S3. The number of carbonyl (C=O) groups excluding carboxylic acids is 1. The maximum Gasteiger partial charge on any atom is 0.269 e. The van der Waals surface area contributed by atoms with Gasteiger partial charge in [0.15, 0.2) is 10.2 Å². The molecule has 0 saturated carbocycles. The number of nitrogens with two attached hydrogens (primary N) is 1. The number of thioether (sulfide) groups is 1. The van der Waals surface area contributed by atoms with E-state index in [-0.39, 0.29) is 28.1 Å². The Morgan fingerprint density at radius 2 is 1.97 bits per heavy atom. The monoisotopic (exact) mass is 566 g/mol. The fraction of sp³-hybridized carbons (Fsp3) is 0.227. The largest absolute Gasteiger partial charge is 0.497 e. The summed E-state index contributed by atoms with van der Waals surface area (Å²) < 4.78 is 34.2. The highest BCUT2D eigenvalue weighted by Gasteiger charge is 2.27. The summed E-state index contributed by atoms with van der Waals surface area (Å²) >= 11 is 9.13. The number of amides is 1. The van der Waals surface area contributed by atoms with Gasteiger partial charge in [-0.2, -0.15) is 5.10 Å². The zero-order valence-electron chi connectivity index (χ0n) is 19.8. The molecule has 0 aliphatic heterocycles. The number of nitrogen functional groups attached to an aromatic ring is 1. The van der Waals surface area contributed by atoms with Crippen LogP contribution in [0.15, 0.2) is 40.7 Å². The van der Waals surface area contributed by atoms with Crippen molar-refractivity contribution >= 4 is 78.9 Å². The summed E-state index contributed by atoms with van der Waals surface area (Å²) in [5.41, 5.74) is 7.51. The van der Waals surface area contributed by atoms with E-state index in [9.17, 15) is 13.2 Å². The van der Waals surface area contributed by atoms with Crippen molar-refractivity contribution in [2.75, 3.05) is 35.0 Å². The predicted octanol–water partition coefficient (Wildman–Crippen LogP) is 4.21. The van der Waals surface area contributed by atoms with Gasteiger partial charge >= 0.3 is 0 Å². The number of halogens is 1. The Bertz CT molecular complexity index is 1550. The third-order valence-corrected chi connectivity index (χ3v) is 8.78. The van der Waals surface area contributed by atoms with Gasteiger partial charge in [0.05, 0.1) is 41.5 Å². The number of nitrogens with one attached hydrogen (secondary N) is 1. The van der Waals surface area contributed by atoms with Crippen LogP contribution in [0.1, 0.15) is 15.2 Å². The van der Waals surface area contributed by atoms with E-state index < -0.39 is 15.9 Å². The van der Waals surface area contributed by atoms with Gasteiger partial charge in [0, 0.05) is 7.05 Å². The van der Waals surface area contributed by atoms with Crippen LogP contribution in [0.25, 0.3) is 10.9 Å². The van der Waals surface area contributed by atoms with Crippen molar-refractivity contribution in [1.29, 1.82) is 0 Å². The van der Waals surface area contributed by atoms with Gasteiger partial charge in [-0.15, -0.1) is 11.3 Å². The Labute approximate surface area is 221 Å². The first-order valence-electron chi connectivity index (χ1n) is 10.4. The van der Waals surface area contributed by atoms with Gasteiger partial charge in [-0.25, -0.2) is 17.7 Å². The van der Waals surface area contributed by atoms with Crippen molar-refractivity contribution in [3.05, 3.63) is 51.9 Å². The summed E-state index contributed by atoms with van der Waals surface area (Å²) in [6, 6.07) is 10.3. The van der Waals surface area contributed by atoms with Crippen LogP contribution in [0.3, 0.4) is 0 Å². The molecule has 0 bridgehead atoms.